The van der Waals surface area contributed by atoms with Gasteiger partial charge in [-0.1, -0.05) is 19.9 Å². The van der Waals surface area contributed by atoms with Gasteiger partial charge in [0.25, 0.3) is 0 Å². The van der Waals surface area contributed by atoms with Gasteiger partial charge in [0.1, 0.15) is 18.5 Å². The van der Waals surface area contributed by atoms with Crippen molar-refractivity contribution >= 4 is 23.9 Å². The van der Waals surface area contributed by atoms with Crippen LogP contribution >= 0.6 is 0 Å². The van der Waals surface area contributed by atoms with Crippen molar-refractivity contribution < 1.29 is 63.3 Å². The highest BCUT2D eigenvalue weighted by Crippen LogP contribution is 2.38. The molecule has 2 aromatic rings. The fourth-order valence-electron chi connectivity index (χ4n) is 5.55. The van der Waals surface area contributed by atoms with Crippen molar-refractivity contribution in [3.8, 4) is 11.6 Å². The molecule has 5 atom stereocenters. The smallest absolute Gasteiger partial charge is 0.311 e. The number of aryl methyl sites for hydroxylation is 1. The van der Waals surface area contributed by atoms with Gasteiger partial charge in [0.2, 0.25) is 18.3 Å². The number of aromatic hydroxyl groups is 1. The number of rotatable bonds is 12. The first-order valence-corrected chi connectivity index (χ1v) is 18.6. The Morgan fingerprint density at radius 1 is 0.839 bits per heavy atom. The van der Waals surface area contributed by atoms with Crippen molar-refractivity contribution in [2.45, 2.75) is 153 Å². The number of esters is 4. The molecule has 1 aromatic heterocycles. The Morgan fingerprint density at radius 2 is 1.36 bits per heavy atom. The molecule has 1 saturated heterocycles. The summed E-state index contributed by atoms with van der Waals surface area (Å²) in [5, 5.41) is 24.9. The number of carbonyl (C=O) groups excluding carboxylic acids is 4. The number of phenols is 1. The van der Waals surface area contributed by atoms with E-state index in [0.717, 1.165) is 11.1 Å². The Labute approximate surface area is 337 Å². The summed E-state index contributed by atoms with van der Waals surface area (Å²) in [5.74, 6) is -3.70. The van der Waals surface area contributed by atoms with Crippen LogP contribution < -0.4 is 4.74 Å². The van der Waals surface area contributed by atoms with Crippen LogP contribution in [-0.4, -0.2) is 87.8 Å². The number of carbonyl (C=O) groups is 4. The standard InChI is InChI=1S/C42H64N2O12/c1-23(2)29-27(21-25-16-17-26(46)20-24(25)3)33(43-44(29)18-19-45)56-34-32(55-38(50)42(13,14)15)31(54-37(49)41(10,11)12)30(53-36(48)40(7,8)9)28(52-34)22-51-35(47)39(4,5)6/h16-17,20,23,28,30-32,34,45-46H,18-19,21-22H2,1-15H3/t28-,30-,31+,32-,34?/m1/s1/i4D,7D,10D,13D. The van der Waals surface area contributed by atoms with Crippen LogP contribution in [0.5, 0.6) is 11.6 Å². The van der Waals surface area contributed by atoms with Crippen LogP contribution in [0.15, 0.2) is 18.2 Å². The van der Waals surface area contributed by atoms with E-state index in [1.54, 1.807) is 22.9 Å². The van der Waals surface area contributed by atoms with Gasteiger partial charge in [-0.05, 0) is 119 Å². The minimum absolute atomic E-state index is 0.0288. The summed E-state index contributed by atoms with van der Waals surface area (Å²) in [6.07, 6.45) is -8.19. The van der Waals surface area contributed by atoms with Gasteiger partial charge in [-0.3, -0.25) is 23.9 Å². The number of aliphatic hydroxyl groups is 1. The summed E-state index contributed by atoms with van der Waals surface area (Å²) < 4.78 is 70.6. The maximum absolute atomic E-state index is 13.9. The average molecular weight is 793 g/mol. The van der Waals surface area contributed by atoms with E-state index in [2.05, 4.69) is 0 Å². The van der Waals surface area contributed by atoms with E-state index in [-0.39, 0.29) is 44.0 Å². The molecule has 1 aromatic carbocycles. The number of ether oxygens (including phenoxy) is 6. The van der Waals surface area contributed by atoms with Crippen molar-refractivity contribution in [1.82, 2.24) is 9.78 Å². The number of hydrogen-bond donors (Lipinski definition) is 2. The summed E-state index contributed by atoms with van der Waals surface area (Å²) in [4.78, 5) is 54.9. The third kappa shape index (κ3) is 11.7. The summed E-state index contributed by atoms with van der Waals surface area (Å²) in [7, 11) is 0. The lowest BCUT2D eigenvalue weighted by atomic mass is 9.93. The van der Waals surface area contributed by atoms with Crippen LogP contribution in [0.4, 0.5) is 0 Å². The lowest BCUT2D eigenvalue weighted by molar-refractivity contribution is -0.294. The van der Waals surface area contributed by atoms with Crippen molar-refractivity contribution in [2.75, 3.05) is 13.2 Å². The molecule has 1 fully saturated rings. The van der Waals surface area contributed by atoms with Crippen LogP contribution in [-0.2, 0) is 55.8 Å². The molecule has 3 rings (SSSR count). The van der Waals surface area contributed by atoms with Crippen molar-refractivity contribution in [2.24, 2.45) is 21.7 Å². The molecular formula is C42H64N2O12. The highest BCUT2D eigenvalue weighted by atomic mass is 16.7. The van der Waals surface area contributed by atoms with E-state index < -0.39 is 104 Å². The molecule has 0 aliphatic carbocycles. The SMILES string of the molecule is [2H]CC(C)(C)C(=O)OC[C@H]1OC(Oc2nn(CCO)c(C(C)C)c2Cc2ccc(O)cc2C)[C@H](OC(=O)C(C)(C)C[2H])[C@@H](OC(=O)C(C)(C)C[2H])[C@@H]1OC(=O)C(C)(C)C[2H]. The molecule has 0 saturated carbocycles. The van der Waals surface area contributed by atoms with Crippen LogP contribution in [0.1, 0.15) is 131 Å². The lowest BCUT2D eigenvalue weighted by Gasteiger charge is -2.45. The molecule has 1 aliphatic heterocycles. The van der Waals surface area contributed by atoms with E-state index in [4.69, 9.17) is 39.0 Å². The molecule has 56 heavy (non-hydrogen) atoms. The van der Waals surface area contributed by atoms with Crippen LogP contribution in [0.2, 0.25) is 0 Å². The number of aliphatic hydroxyl groups excluding tert-OH is 1. The first-order valence-electron chi connectivity index (χ1n) is 21.4. The third-order valence-corrected chi connectivity index (χ3v) is 8.75. The first kappa shape index (κ1) is 40.0. The van der Waals surface area contributed by atoms with E-state index in [0.29, 0.717) is 11.3 Å². The maximum atomic E-state index is 13.9. The van der Waals surface area contributed by atoms with E-state index >= 15 is 0 Å². The molecule has 14 heteroatoms. The molecule has 0 bridgehead atoms. The molecular weight excluding hydrogens is 724 g/mol. The maximum Gasteiger partial charge on any atom is 0.311 e. The van der Waals surface area contributed by atoms with Crippen LogP contribution in [0.3, 0.4) is 0 Å². The first-order chi connectivity index (χ1) is 27.8. The monoisotopic (exact) mass is 792 g/mol. The van der Waals surface area contributed by atoms with Gasteiger partial charge in [0.15, 0.2) is 12.2 Å². The number of aromatic nitrogens is 2. The zero-order chi connectivity index (χ0) is 45.5. The summed E-state index contributed by atoms with van der Waals surface area (Å²) >= 11 is 0. The van der Waals surface area contributed by atoms with Gasteiger partial charge in [-0.15, -0.1) is 5.10 Å². The zero-order valence-corrected chi connectivity index (χ0v) is 34.7. The topological polar surface area (TPSA) is 182 Å². The summed E-state index contributed by atoms with van der Waals surface area (Å²) in [5.41, 5.74) is -2.73. The minimum Gasteiger partial charge on any atom is -0.508 e. The highest BCUT2D eigenvalue weighted by Gasteiger charge is 2.56. The average Bonchev–Trinajstić information content (AvgIpc) is 3.52. The number of benzene rings is 1. The molecule has 1 aliphatic rings. The fraction of sp³-hybridized carbons (Fsp3) is 0.690. The van der Waals surface area contributed by atoms with Gasteiger partial charge in [-0.2, -0.15) is 0 Å². The molecule has 14 nitrogen and oxygen atoms in total. The van der Waals surface area contributed by atoms with Gasteiger partial charge in [0, 0.05) is 23.2 Å². The molecule has 0 amide bonds. The molecule has 314 valence electrons. The number of nitrogens with zero attached hydrogens (tertiary/aromatic N) is 2. The van der Waals surface area contributed by atoms with Crippen molar-refractivity contribution in [1.29, 1.82) is 0 Å². The van der Waals surface area contributed by atoms with Crippen molar-refractivity contribution in [3.63, 3.8) is 0 Å². The van der Waals surface area contributed by atoms with Crippen LogP contribution in [0.25, 0.3) is 0 Å². The largest absolute Gasteiger partial charge is 0.508 e. The van der Waals surface area contributed by atoms with Gasteiger partial charge >= 0.3 is 23.9 Å². The van der Waals surface area contributed by atoms with E-state index in [1.807, 2.05) is 20.8 Å². The second-order valence-corrected chi connectivity index (χ2v) is 17.5. The Hall–Kier alpha value is -4.17. The highest BCUT2D eigenvalue weighted by molar-refractivity contribution is 5.78. The third-order valence-electron chi connectivity index (χ3n) is 8.75. The van der Waals surface area contributed by atoms with E-state index in [9.17, 15) is 29.4 Å². The Kier molecular flexibility index (Phi) is 12.5. The Morgan fingerprint density at radius 3 is 1.86 bits per heavy atom. The Bertz CT molecular complexity index is 1830. The summed E-state index contributed by atoms with van der Waals surface area (Å²) in [6, 6.07) is 4.89. The Balaban J connectivity index is 2.38. The summed E-state index contributed by atoms with van der Waals surface area (Å²) in [6.45, 7) is 15.1. The number of phenolic OH excluding ortho intramolecular Hbond substituents is 1. The van der Waals surface area contributed by atoms with Gasteiger partial charge in [-0.25, -0.2) is 0 Å². The lowest BCUT2D eigenvalue weighted by Crippen LogP contribution is -2.65. The number of hydrogen-bond acceptors (Lipinski definition) is 13. The molecule has 2 heterocycles. The second-order valence-electron chi connectivity index (χ2n) is 17.5. The van der Waals surface area contributed by atoms with Gasteiger partial charge < -0.3 is 38.6 Å². The predicted molar refractivity (Wildman–Crippen MR) is 207 cm³/mol. The van der Waals surface area contributed by atoms with Crippen molar-refractivity contribution in [3.05, 3.63) is 40.6 Å². The zero-order valence-electron chi connectivity index (χ0n) is 38.7. The van der Waals surface area contributed by atoms with Crippen LogP contribution in [0, 0.1) is 28.6 Å². The second kappa shape index (κ2) is 17.5. The minimum atomic E-state index is -1.75. The quantitative estimate of drug-likeness (QED) is 0.184. The molecule has 1 unspecified atom stereocenters. The molecule has 0 radical (unpaired) electrons. The molecule has 0 spiro atoms. The fourth-order valence-corrected chi connectivity index (χ4v) is 5.55. The van der Waals surface area contributed by atoms with Gasteiger partial charge in [0.05, 0.1) is 34.8 Å². The normalized spacial score (nSPS) is 21.6. The van der Waals surface area contributed by atoms with E-state index in [1.165, 1.54) is 55.4 Å². The predicted octanol–water partition coefficient (Wildman–Crippen LogP) is 6.17. The molecule has 2 N–H and O–H groups in total.